The van der Waals surface area contributed by atoms with Gasteiger partial charge in [0.2, 0.25) is 5.91 Å². The molecule has 5 nitrogen and oxygen atoms in total. The zero-order valence-electron chi connectivity index (χ0n) is 15.9. The van der Waals surface area contributed by atoms with E-state index in [1.54, 1.807) is 17.4 Å². The van der Waals surface area contributed by atoms with E-state index < -0.39 is 0 Å². The summed E-state index contributed by atoms with van der Waals surface area (Å²) in [7, 11) is 0. The van der Waals surface area contributed by atoms with Crippen molar-refractivity contribution in [3.8, 4) is 5.75 Å². The molecule has 2 heterocycles. The van der Waals surface area contributed by atoms with Crippen molar-refractivity contribution in [1.29, 1.82) is 0 Å². The first-order chi connectivity index (χ1) is 13.0. The Hall–Kier alpha value is -2.18. The molecule has 2 aromatic rings. The van der Waals surface area contributed by atoms with Gasteiger partial charge in [0.15, 0.2) is 0 Å². The van der Waals surface area contributed by atoms with Crippen molar-refractivity contribution in [1.82, 2.24) is 9.88 Å². The minimum atomic E-state index is 0.0327. The lowest BCUT2D eigenvalue weighted by atomic mass is 9.92. The van der Waals surface area contributed by atoms with Crippen LogP contribution in [0.1, 0.15) is 36.0 Å². The van der Waals surface area contributed by atoms with Gasteiger partial charge in [-0.25, -0.2) is 4.98 Å². The first-order valence-electron chi connectivity index (χ1n) is 9.38. The maximum absolute atomic E-state index is 12.6. The fourth-order valence-electron chi connectivity index (χ4n) is 3.28. The molecular weight excluding hydrogens is 358 g/mol. The van der Waals surface area contributed by atoms with Gasteiger partial charge >= 0.3 is 0 Å². The zero-order valence-corrected chi connectivity index (χ0v) is 16.7. The molecule has 3 rings (SSSR count). The number of carbonyl (C=O) groups excluding carboxylic acids is 1. The third kappa shape index (κ3) is 5.40. The number of nitrogens with two attached hydrogens (primary N) is 1. The van der Waals surface area contributed by atoms with Gasteiger partial charge in [0.25, 0.3) is 0 Å². The van der Waals surface area contributed by atoms with Crippen molar-refractivity contribution < 1.29 is 9.53 Å². The van der Waals surface area contributed by atoms with Gasteiger partial charge in [0.1, 0.15) is 12.4 Å². The van der Waals surface area contributed by atoms with Crippen molar-refractivity contribution in [3.05, 3.63) is 52.0 Å². The standard InChI is InChI=1S/C21H27N3O2S/c1-15(22)18-7-5-11-24(12-18)21(25)10-9-17-6-3-4-8-20(17)26-13-19-14-27-16(2)23-19/h3-4,6,8-10,14-15,18H,5,7,11-13,22H2,1-2H3. The fourth-order valence-corrected chi connectivity index (χ4v) is 3.88. The minimum absolute atomic E-state index is 0.0327. The Kier molecular flexibility index (Phi) is 6.63. The normalized spacial score (nSPS) is 18.6. The number of aryl methyl sites for hydroxylation is 1. The van der Waals surface area contributed by atoms with Gasteiger partial charge in [0.05, 0.1) is 10.7 Å². The first-order valence-corrected chi connectivity index (χ1v) is 10.3. The van der Waals surface area contributed by atoms with Gasteiger partial charge in [-0.05, 0) is 44.7 Å². The van der Waals surface area contributed by atoms with Crippen LogP contribution in [0.3, 0.4) is 0 Å². The molecule has 0 spiro atoms. The van der Waals surface area contributed by atoms with Crippen molar-refractivity contribution in [2.45, 2.75) is 39.3 Å². The van der Waals surface area contributed by atoms with E-state index in [0.717, 1.165) is 47.9 Å². The number of likely N-dealkylation sites (tertiary alicyclic amines) is 1. The molecule has 1 aliphatic rings. The SMILES string of the molecule is Cc1nc(COc2ccccc2C=CC(=O)N2CCCC(C(C)N)C2)cs1. The van der Waals surface area contributed by atoms with Crippen LogP contribution in [-0.2, 0) is 11.4 Å². The van der Waals surface area contributed by atoms with Crippen LogP contribution < -0.4 is 10.5 Å². The molecular formula is C21H27N3O2S. The molecule has 144 valence electrons. The molecule has 0 bridgehead atoms. The Morgan fingerprint density at radius 2 is 2.30 bits per heavy atom. The second kappa shape index (κ2) is 9.15. The minimum Gasteiger partial charge on any atom is -0.487 e. The Bertz CT molecular complexity index is 800. The topological polar surface area (TPSA) is 68.5 Å². The van der Waals surface area contributed by atoms with E-state index in [0.29, 0.717) is 12.5 Å². The summed E-state index contributed by atoms with van der Waals surface area (Å²) >= 11 is 1.61. The number of hydrogen-bond donors (Lipinski definition) is 1. The van der Waals surface area contributed by atoms with Crippen LogP contribution in [-0.4, -0.2) is 34.9 Å². The molecule has 1 aromatic heterocycles. The Morgan fingerprint density at radius 1 is 1.48 bits per heavy atom. The Labute approximate surface area is 164 Å². The number of piperidine rings is 1. The molecule has 0 radical (unpaired) electrons. The van der Waals surface area contributed by atoms with Crippen LogP contribution in [0.2, 0.25) is 0 Å². The van der Waals surface area contributed by atoms with E-state index in [9.17, 15) is 4.79 Å². The van der Waals surface area contributed by atoms with E-state index in [2.05, 4.69) is 4.98 Å². The molecule has 0 saturated carbocycles. The molecule has 27 heavy (non-hydrogen) atoms. The molecule has 1 aromatic carbocycles. The van der Waals surface area contributed by atoms with Crippen molar-refractivity contribution in [2.24, 2.45) is 11.7 Å². The van der Waals surface area contributed by atoms with E-state index in [-0.39, 0.29) is 11.9 Å². The molecule has 1 saturated heterocycles. The number of benzene rings is 1. The number of ether oxygens (including phenoxy) is 1. The molecule has 0 aliphatic carbocycles. The number of rotatable bonds is 6. The third-order valence-electron chi connectivity index (χ3n) is 4.88. The molecule has 6 heteroatoms. The van der Waals surface area contributed by atoms with Crippen LogP contribution in [0.25, 0.3) is 6.08 Å². The maximum atomic E-state index is 12.6. The number of hydrogen-bond acceptors (Lipinski definition) is 5. The Balaban J connectivity index is 1.63. The summed E-state index contributed by atoms with van der Waals surface area (Å²) < 4.78 is 5.91. The average Bonchev–Trinajstić information content (AvgIpc) is 3.10. The fraction of sp³-hybridized carbons (Fsp3) is 0.429. The van der Waals surface area contributed by atoms with Gasteiger partial charge in [0, 0.05) is 36.2 Å². The number of carbonyl (C=O) groups is 1. The highest BCUT2D eigenvalue weighted by atomic mass is 32.1. The number of para-hydroxylation sites is 1. The lowest BCUT2D eigenvalue weighted by Gasteiger charge is -2.34. The van der Waals surface area contributed by atoms with Crippen LogP contribution in [0, 0.1) is 12.8 Å². The van der Waals surface area contributed by atoms with Gasteiger partial charge in [-0.1, -0.05) is 18.2 Å². The summed E-state index contributed by atoms with van der Waals surface area (Å²) in [4.78, 5) is 18.9. The first kappa shape index (κ1) is 19.6. The monoisotopic (exact) mass is 385 g/mol. The van der Waals surface area contributed by atoms with E-state index in [1.807, 2.05) is 54.5 Å². The van der Waals surface area contributed by atoms with Gasteiger partial charge in [-0.3, -0.25) is 4.79 Å². The van der Waals surface area contributed by atoms with E-state index in [4.69, 9.17) is 10.5 Å². The molecule has 2 atom stereocenters. The number of thiazole rings is 1. The third-order valence-corrected chi connectivity index (χ3v) is 5.70. The highest BCUT2D eigenvalue weighted by Crippen LogP contribution is 2.22. The maximum Gasteiger partial charge on any atom is 0.246 e. The lowest BCUT2D eigenvalue weighted by Crippen LogP contribution is -2.44. The molecule has 2 unspecified atom stereocenters. The smallest absolute Gasteiger partial charge is 0.246 e. The predicted molar refractivity (Wildman–Crippen MR) is 110 cm³/mol. The summed E-state index contributed by atoms with van der Waals surface area (Å²) in [6.45, 7) is 5.96. The van der Waals surface area contributed by atoms with Crippen molar-refractivity contribution in [3.63, 3.8) is 0 Å². The van der Waals surface area contributed by atoms with Gasteiger partial charge in [-0.2, -0.15) is 0 Å². The van der Waals surface area contributed by atoms with Gasteiger partial charge in [-0.15, -0.1) is 11.3 Å². The summed E-state index contributed by atoms with van der Waals surface area (Å²) in [5.74, 6) is 1.16. The highest BCUT2D eigenvalue weighted by molar-refractivity contribution is 7.09. The number of amides is 1. The quantitative estimate of drug-likeness (QED) is 0.771. The highest BCUT2D eigenvalue weighted by Gasteiger charge is 2.24. The lowest BCUT2D eigenvalue weighted by molar-refractivity contribution is -0.127. The summed E-state index contributed by atoms with van der Waals surface area (Å²) in [5, 5.41) is 3.03. The molecule has 1 fully saturated rings. The molecule has 2 N–H and O–H groups in total. The van der Waals surface area contributed by atoms with Crippen LogP contribution in [0.4, 0.5) is 0 Å². The van der Waals surface area contributed by atoms with Crippen LogP contribution in [0.5, 0.6) is 5.75 Å². The molecule has 1 aliphatic heterocycles. The van der Waals surface area contributed by atoms with Crippen molar-refractivity contribution >= 4 is 23.3 Å². The van der Waals surface area contributed by atoms with Gasteiger partial charge < -0.3 is 15.4 Å². The second-order valence-corrected chi connectivity index (χ2v) is 8.13. The van der Waals surface area contributed by atoms with E-state index >= 15 is 0 Å². The number of aromatic nitrogens is 1. The van der Waals surface area contributed by atoms with Crippen LogP contribution >= 0.6 is 11.3 Å². The summed E-state index contributed by atoms with van der Waals surface area (Å²) in [5.41, 5.74) is 7.83. The average molecular weight is 386 g/mol. The largest absolute Gasteiger partial charge is 0.487 e. The molecule has 1 amide bonds. The van der Waals surface area contributed by atoms with E-state index in [1.165, 1.54) is 0 Å². The predicted octanol–water partition coefficient (Wildman–Crippen LogP) is 3.63. The Morgan fingerprint density at radius 3 is 3.04 bits per heavy atom. The zero-order chi connectivity index (χ0) is 19.2. The number of nitrogens with zero attached hydrogens (tertiary/aromatic N) is 2. The summed E-state index contributed by atoms with van der Waals surface area (Å²) in [6.07, 6.45) is 5.58. The van der Waals surface area contributed by atoms with Crippen molar-refractivity contribution in [2.75, 3.05) is 13.1 Å². The van der Waals surface area contributed by atoms with Crippen LogP contribution in [0.15, 0.2) is 35.7 Å². The summed E-state index contributed by atoms with van der Waals surface area (Å²) in [6, 6.07) is 7.85. The second-order valence-electron chi connectivity index (χ2n) is 7.06.